The molecular weight excluding hydrogens is 204 g/mol. The Morgan fingerprint density at radius 3 is 2.88 bits per heavy atom. The Balaban J connectivity index is 2.62. The Morgan fingerprint density at radius 2 is 2.19 bits per heavy atom. The van der Waals surface area contributed by atoms with Crippen LogP contribution in [0.1, 0.15) is 17.4 Å². The van der Waals surface area contributed by atoms with Gasteiger partial charge in [0.15, 0.2) is 5.75 Å². The van der Waals surface area contributed by atoms with Crippen LogP contribution in [0.25, 0.3) is 10.9 Å². The second-order valence-corrected chi connectivity index (χ2v) is 3.39. The highest BCUT2D eigenvalue weighted by atomic mass is 16.5. The molecule has 1 aromatic heterocycles. The topological polar surface area (TPSA) is 54.1 Å². The zero-order valence-electron chi connectivity index (χ0n) is 9.33. The fourth-order valence-electron chi connectivity index (χ4n) is 1.70. The number of carbonyl (C=O) groups excluding carboxylic acids is 1. The number of nitrogens with one attached hydrogen (secondary N) is 2. The summed E-state index contributed by atoms with van der Waals surface area (Å²) in [6, 6.07) is 7.70. The highest BCUT2D eigenvalue weighted by Crippen LogP contribution is 2.29. The number of amides is 1. The zero-order chi connectivity index (χ0) is 11.5. The molecule has 0 unspecified atom stereocenters. The van der Waals surface area contributed by atoms with Crippen LogP contribution in [0.3, 0.4) is 0 Å². The summed E-state index contributed by atoms with van der Waals surface area (Å²) < 4.78 is 5.52. The molecule has 0 aliphatic rings. The van der Waals surface area contributed by atoms with Crippen molar-refractivity contribution in [2.45, 2.75) is 6.92 Å². The summed E-state index contributed by atoms with van der Waals surface area (Å²) >= 11 is 0. The maximum absolute atomic E-state index is 11.7. The third-order valence-electron chi connectivity index (χ3n) is 2.40. The van der Waals surface area contributed by atoms with Crippen molar-refractivity contribution in [1.82, 2.24) is 10.3 Å². The lowest BCUT2D eigenvalue weighted by Gasteiger charge is -2.04. The van der Waals surface area contributed by atoms with Crippen LogP contribution in [0.5, 0.6) is 5.75 Å². The molecule has 1 aromatic carbocycles. The lowest BCUT2D eigenvalue weighted by Crippen LogP contribution is -2.19. The fourth-order valence-corrected chi connectivity index (χ4v) is 1.70. The van der Waals surface area contributed by atoms with Crippen molar-refractivity contribution in [3.8, 4) is 5.75 Å². The van der Waals surface area contributed by atoms with Crippen molar-refractivity contribution in [2.75, 3.05) is 13.7 Å². The fraction of sp³-hybridized carbons (Fsp3) is 0.250. The molecule has 2 rings (SSSR count). The van der Waals surface area contributed by atoms with E-state index in [1.54, 1.807) is 7.05 Å². The van der Waals surface area contributed by atoms with E-state index in [4.69, 9.17) is 4.74 Å². The van der Waals surface area contributed by atoms with Gasteiger partial charge in [-0.05, 0) is 19.1 Å². The van der Waals surface area contributed by atoms with Crippen LogP contribution in [0, 0.1) is 0 Å². The smallest absolute Gasteiger partial charge is 0.271 e. The summed E-state index contributed by atoms with van der Waals surface area (Å²) in [5, 5.41) is 3.52. The third kappa shape index (κ3) is 1.62. The van der Waals surface area contributed by atoms with Gasteiger partial charge in [-0.3, -0.25) is 4.79 Å². The molecule has 2 N–H and O–H groups in total. The van der Waals surface area contributed by atoms with Gasteiger partial charge in [-0.25, -0.2) is 0 Å². The Bertz CT molecular complexity index is 517. The van der Waals surface area contributed by atoms with Crippen molar-refractivity contribution in [3.63, 3.8) is 0 Å². The summed E-state index contributed by atoms with van der Waals surface area (Å²) in [5.41, 5.74) is 1.38. The third-order valence-corrected chi connectivity index (χ3v) is 2.40. The van der Waals surface area contributed by atoms with Crippen molar-refractivity contribution in [1.29, 1.82) is 0 Å². The molecule has 0 atom stereocenters. The average molecular weight is 218 g/mol. The maximum atomic E-state index is 11.7. The first-order valence-electron chi connectivity index (χ1n) is 5.23. The Morgan fingerprint density at radius 1 is 1.44 bits per heavy atom. The van der Waals surface area contributed by atoms with Gasteiger partial charge in [-0.2, -0.15) is 0 Å². The van der Waals surface area contributed by atoms with Crippen molar-refractivity contribution >= 4 is 16.8 Å². The number of carbonyl (C=O) groups is 1. The molecule has 0 aliphatic heterocycles. The Kier molecular flexibility index (Phi) is 2.81. The van der Waals surface area contributed by atoms with E-state index in [-0.39, 0.29) is 5.91 Å². The van der Waals surface area contributed by atoms with Crippen LogP contribution < -0.4 is 10.1 Å². The number of aromatic nitrogens is 1. The van der Waals surface area contributed by atoms with Crippen LogP contribution in [0.4, 0.5) is 0 Å². The van der Waals surface area contributed by atoms with Crippen LogP contribution in [0.2, 0.25) is 0 Å². The number of benzene rings is 1. The molecule has 0 bridgehead atoms. The normalized spacial score (nSPS) is 10.4. The number of fused-ring (bicyclic) bond motifs is 1. The van der Waals surface area contributed by atoms with E-state index >= 15 is 0 Å². The van der Waals surface area contributed by atoms with Crippen LogP contribution in [0.15, 0.2) is 24.3 Å². The van der Waals surface area contributed by atoms with Crippen molar-refractivity contribution in [3.05, 3.63) is 30.0 Å². The molecule has 1 amide bonds. The molecular formula is C12H14N2O2. The lowest BCUT2D eigenvalue weighted by atomic mass is 10.2. The first kappa shape index (κ1) is 10.5. The van der Waals surface area contributed by atoms with Gasteiger partial charge >= 0.3 is 0 Å². The number of rotatable bonds is 3. The van der Waals surface area contributed by atoms with E-state index in [1.807, 2.05) is 31.2 Å². The van der Waals surface area contributed by atoms with Gasteiger partial charge in [-0.1, -0.05) is 12.1 Å². The first-order valence-corrected chi connectivity index (χ1v) is 5.23. The molecule has 0 fully saturated rings. The van der Waals surface area contributed by atoms with Crippen molar-refractivity contribution in [2.24, 2.45) is 0 Å². The number of ether oxygens (including phenoxy) is 1. The summed E-state index contributed by atoms with van der Waals surface area (Å²) in [7, 11) is 1.60. The molecule has 0 aliphatic carbocycles. The van der Waals surface area contributed by atoms with Crippen LogP contribution >= 0.6 is 0 Å². The van der Waals surface area contributed by atoms with E-state index in [1.165, 1.54) is 0 Å². The van der Waals surface area contributed by atoms with Gasteiger partial charge in [0.25, 0.3) is 5.91 Å². The number of H-pyrrole nitrogens is 1. The predicted octanol–water partition coefficient (Wildman–Crippen LogP) is 1.93. The molecule has 0 saturated carbocycles. The molecule has 16 heavy (non-hydrogen) atoms. The van der Waals surface area contributed by atoms with E-state index in [9.17, 15) is 4.79 Å². The monoisotopic (exact) mass is 218 g/mol. The number of para-hydroxylation sites is 1. The van der Waals surface area contributed by atoms with E-state index in [0.717, 1.165) is 10.9 Å². The molecule has 84 valence electrons. The molecule has 0 spiro atoms. The summed E-state index contributed by atoms with van der Waals surface area (Å²) in [6.45, 7) is 2.43. The minimum Gasteiger partial charge on any atom is -0.491 e. The predicted molar refractivity (Wildman–Crippen MR) is 62.9 cm³/mol. The van der Waals surface area contributed by atoms with E-state index < -0.39 is 0 Å². The number of hydrogen-bond acceptors (Lipinski definition) is 2. The van der Waals surface area contributed by atoms with Gasteiger partial charge in [0, 0.05) is 18.0 Å². The Hall–Kier alpha value is -1.97. The highest BCUT2D eigenvalue weighted by Gasteiger charge is 2.17. The second-order valence-electron chi connectivity index (χ2n) is 3.39. The second kappa shape index (κ2) is 4.26. The molecule has 1 heterocycles. The largest absolute Gasteiger partial charge is 0.491 e. The minimum atomic E-state index is -0.167. The molecule has 4 heteroatoms. The van der Waals surface area contributed by atoms with Crippen LogP contribution in [-0.4, -0.2) is 24.5 Å². The lowest BCUT2D eigenvalue weighted by molar-refractivity contribution is 0.0955. The summed E-state index contributed by atoms with van der Waals surface area (Å²) in [6.07, 6.45) is 0. The minimum absolute atomic E-state index is 0.167. The maximum Gasteiger partial charge on any atom is 0.271 e. The molecule has 2 aromatic rings. The standard InChI is InChI=1S/C12H14N2O2/c1-3-16-11-8-6-4-5-7-9(8)14-10(11)12(15)13-2/h4-7,14H,3H2,1-2H3,(H,13,15). The zero-order valence-corrected chi connectivity index (χ0v) is 9.33. The first-order chi connectivity index (χ1) is 7.77. The number of aromatic amines is 1. The summed E-state index contributed by atoms with van der Waals surface area (Å²) in [4.78, 5) is 14.7. The molecule has 4 nitrogen and oxygen atoms in total. The molecule has 0 radical (unpaired) electrons. The quantitative estimate of drug-likeness (QED) is 0.827. The Labute approximate surface area is 93.6 Å². The van der Waals surface area contributed by atoms with Gasteiger partial charge in [0.05, 0.1) is 6.61 Å². The van der Waals surface area contributed by atoms with E-state index in [2.05, 4.69) is 10.3 Å². The SMILES string of the molecule is CCOc1c(C(=O)NC)[nH]c2ccccc12. The van der Waals surface area contributed by atoms with Gasteiger partial charge in [0.2, 0.25) is 0 Å². The van der Waals surface area contributed by atoms with Crippen molar-refractivity contribution < 1.29 is 9.53 Å². The number of hydrogen-bond donors (Lipinski definition) is 2. The molecule has 0 saturated heterocycles. The van der Waals surface area contributed by atoms with E-state index in [0.29, 0.717) is 18.1 Å². The van der Waals surface area contributed by atoms with Gasteiger partial charge in [0.1, 0.15) is 5.69 Å². The summed E-state index contributed by atoms with van der Waals surface area (Å²) in [5.74, 6) is 0.456. The highest BCUT2D eigenvalue weighted by molar-refractivity contribution is 6.03. The van der Waals surface area contributed by atoms with Crippen LogP contribution in [-0.2, 0) is 0 Å². The average Bonchev–Trinajstić information content (AvgIpc) is 2.68. The van der Waals surface area contributed by atoms with Gasteiger partial charge in [-0.15, -0.1) is 0 Å². The van der Waals surface area contributed by atoms with Gasteiger partial charge < -0.3 is 15.0 Å².